The molecule has 4 heteroatoms. The molecule has 0 fully saturated rings. The van der Waals surface area contributed by atoms with Crippen LogP contribution in [0, 0.1) is 6.92 Å². The number of aryl methyl sites for hydroxylation is 1. The summed E-state index contributed by atoms with van der Waals surface area (Å²) in [4.78, 5) is 0. The lowest BCUT2D eigenvalue weighted by Crippen LogP contribution is -2.33. The van der Waals surface area contributed by atoms with Gasteiger partial charge < -0.3 is 20.3 Å². The Morgan fingerprint density at radius 2 is 2.11 bits per heavy atom. The molecule has 0 radical (unpaired) electrons. The van der Waals surface area contributed by atoms with E-state index in [4.69, 9.17) is 9.84 Å². The average Bonchev–Trinajstić information content (AvgIpc) is 2.38. The molecule has 0 aliphatic carbocycles. The van der Waals surface area contributed by atoms with Crippen LogP contribution in [0.1, 0.15) is 30.6 Å². The summed E-state index contributed by atoms with van der Waals surface area (Å²) in [6, 6.07) is 5.63. The molecule has 102 valence electrons. The minimum atomic E-state index is -0.562. The van der Waals surface area contributed by atoms with Crippen molar-refractivity contribution in [3.05, 3.63) is 29.3 Å². The van der Waals surface area contributed by atoms with Crippen molar-refractivity contribution in [1.82, 2.24) is 5.32 Å². The van der Waals surface area contributed by atoms with Gasteiger partial charge in [0.15, 0.2) is 0 Å². The topological polar surface area (TPSA) is 61.7 Å². The first-order valence-corrected chi connectivity index (χ1v) is 6.27. The molecule has 0 amide bonds. The predicted octanol–water partition coefficient (Wildman–Crippen LogP) is 1.40. The van der Waals surface area contributed by atoms with Crippen molar-refractivity contribution >= 4 is 0 Å². The standard InChI is InChI=1S/C14H23NO3/c1-10-9-12(5-6-13(10)18-3)14(17)11(2)15-7-4-8-16/h5-6,9,11,14-17H,4,7-8H2,1-3H3. The molecule has 0 heterocycles. The highest BCUT2D eigenvalue weighted by molar-refractivity contribution is 5.37. The van der Waals surface area contributed by atoms with Crippen molar-refractivity contribution in [3.8, 4) is 5.75 Å². The largest absolute Gasteiger partial charge is 0.496 e. The van der Waals surface area contributed by atoms with E-state index in [1.807, 2.05) is 32.0 Å². The zero-order valence-corrected chi connectivity index (χ0v) is 11.3. The molecule has 0 saturated carbocycles. The zero-order valence-electron chi connectivity index (χ0n) is 11.3. The molecule has 0 aliphatic rings. The minimum Gasteiger partial charge on any atom is -0.496 e. The SMILES string of the molecule is COc1ccc(C(O)C(C)NCCCO)cc1C. The lowest BCUT2D eigenvalue weighted by Gasteiger charge is -2.21. The van der Waals surface area contributed by atoms with Crippen molar-refractivity contribution in [2.24, 2.45) is 0 Å². The molecule has 0 aromatic heterocycles. The molecule has 4 nitrogen and oxygen atoms in total. The van der Waals surface area contributed by atoms with Crippen molar-refractivity contribution in [2.75, 3.05) is 20.3 Å². The number of nitrogens with one attached hydrogen (secondary N) is 1. The van der Waals surface area contributed by atoms with Crippen LogP contribution in [0.5, 0.6) is 5.75 Å². The monoisotopic (exact) mass is 253 g/mol. The van der Waals surface area contributed by atoms with Gasteiger partial charge in [0.25, 0.3) is 0 Å². The Kier molecular flexibility index (Phi) is 6.12. The summed E-state index contributed by atoms with van der Waals surface area (Å²) in [5.74, 6) is 0.826. The molecule has 2 atom stereocenters. The number of methoxy groups -OCH3 is 1. The van der Waals surface area contributed by atoms with Gasteiger partial charge in [-0.05, 0) is 50.1 Å². The Balaban J connectivity index is 2.65. The van der Waals surface area contributed by atoms with Crippen molar-refractivity contribution in [2.45, 2.75) is 32.4 Å². The number of hydrogen-bond acceptors (Lipinski definition) is 4. The molecule has 3 N–H and O–H groups in total. The fourth-order valence-corrected chi connectivity index (χ4v) is 1.89. The highest BCUT2D eigenvalue weighted by atomic mass is 16.5. The fourth-order valence-electron chi connectivity index (χ4n) is 1.89. The van der Waals surface area contributed by atoms with Crippen LogP contribution in [-0.4, -0.2) is 36.5 Å². The maximum Gasteiger partial charge on any atom is 0.121 e. The third kappa shape index (κ3) is 3.98. The summed E-state index contributed by atoms with van der Waals surface area (Å²) in [6.45, 7) is 4.75. The normalized spacial score (nSPS) is 14.3. The molecule has 1 aromatic rings. The summed E-state index contributed by atoms with van der Waals surface area (Å²) in [5, 5.41) is 22.1. The van der Waals surface area contributed by atoms with E-state index >= 15 is 0 Å². The maximum atomic E-state index is 10.2. The Morgan fingerprint density at radius 3 is 2.67 bits per heavy atom. The molecule has 0 bridgehead atoms. The minimum absolute atomic E-state index is 0.0515. The van der Waals surface area contributed by atoms with Crippen LogP contribution in [-0.2, 0) is 0 Å². The Bertz CT molecular complexity index is 368. The number of aliphatic hydroxyl groups excluding tert-OH is 2. The summed E-state index contributed by atoms with van der Waals surface area (Å²) >= 11 is 0. The summed E-state index contributed by atoms with van der Waals surface area (Å²) < 4.78 is 5.19. The summed E-state index contributed by atoms with van der Waals surface area (Å²) in [5.41, 5.74) is 1.88. The van der Waals surface area contributed by atoms with Crippen LogP contribution < -0.4 is 10.1 Å². The van der Waals surface area contributed by atoms with Gasteiger partial charge in [0.1, 0.15) is 5.75 Å². The van der Waals surface area contributed by atoms with Crippen LogP contribution >= 0.6 is 0 Å². The first kappa shape index (κ1) is 15.0. The van der Waals surface area contributed by atoms with Gasteiger partial charge >= 0.3 is 0 Å². The molecule has 1 aromatic carbocycles. The van der Waals surface area contributed by atoms with E-state index in [2.05, 4.69) is 5.32 Å². The molecule has 2 unspecified atom stereocenters. The van der Waals surface area contributed by atoms with E-state index in [0.717, 1.165) is 16.9 Å². The van der Waals surface area contributed by atoms with Crippen molar-refractivity contribution in [3.63, 3.8) is 0 Å². The van der Waals surface area contributed by atoms with E-state index in [1.54, 1.807) is 7.11 Å². The lowest BCUT2D eigenvalue weighted by atomic mass is 10.0. The number of hydrogen-bond donors (Lipinski definition) is 3. The molecule has 0 aliphatic heterocycles. The zero-order chi connectivity index (χ0) is 13.5. The lowest BCUT2D eigenvalue weighted by molar-refractivity contribution is 0.134. The number of aliphatic hydroxyl groups is 2. The van der Waals surface area contributed by atoms with Crippen molar-refractivity contribution < 1.29 is 14.9 Å². The quantitative estimate of drug-likeness (QED) is 0.643. The highest BCUT2D eigenvalue weighted by Gasteiger charge is 2.16. The first-order valence-electron chi connectivity index (χ1n) is 6.27. The van der Waals surface area contributed by atoms with Gasteiger partial charge in [0.05, 0.1) is 13.2 Å². The first-order chi connectivity index (χ1) is 8.60. The summed E-state index contributed by atoms with van der Waals surface area (Å²) in [6.07, 6.45) is 0.131. The van der Waals surface area contributed by atoms with Crippen molar-refractivity contribution in [1.29, 1.82) is 0 Å². The number of rotatable bonds is 7. The van der Waals surface area contributed by atoms with Gasteiger partial charge in [-0.1, -0.05) is 6.07 Å². The Hall–Kier alpha value is -1.10. The van der Waals surface area contributed by atoms with E-state index < -0.39 is 6.10 Å². The van der Waals surface area contributed by atoms with Gasteiger partial charge in [-0.25, -0.2) is 0 Å². The summed E-state index contributed by atoms with van der Waals surface area (Å²) in [7, 11) is 1.64. The van der Waals surface area contributed by atoms with Crippen LogP contribution in [0.25, 0.3) is 0 Å². The fraction of sp³-hybridized carbons (Fsp3) is 0.571. The van der Waals surface area contributed by atoms with Crippen LogP contribution in [0.3, 0.4) is 0 Å². The second kappa shape index (κ2) is 7.36. The molecule has 1 rings (SSSR count). The van der Waals surface area contributed by atoms with Crippen LogP contribution in [0.2, 0.25) is 0 Å². The van der Waals surface area contributed by atoms with E-state index in [-0.39, 0.29) is 12.6 Å². The van der Waals surface area contributed by atoms with Gasteiger partial charge in [-0.3, -0.25) is 0 Å². The van der Waals surface area contributed by atoms with E-state index in [1.165, 1.54) is 0 Å². The molecule has 18 heavy (non-hydrogen) atoms. The molecular formula is C14H23NO3. The van der Waals surface area contributed by atoms with Crippen LogP contribution in [0.4, 0.5) is 0 Å². The van der Waals surface area contributed by atoms with Gasteiger partial charge in [-0.15, -0.1) is 0 Å². The highest BCUT2D eigenvalue weighted by Crippen LogP contribution is 2.24. The van der Waals surface area contributed by atoms with Crippen LogP contribution in [0.15, 0.2) is 18.2 Å². The predicted molar refractivity (Wildman–Crippen MR) is 71.9 cm³/mol. The average molecular weight is 253 g/mol. The Labute approximate surface area is 109 Å². The van der Waals surface area contributed by atoms with E-state index in [0.29, 0.717) is 13.0 Å². The van der Waals surface area contributed by atoms with E-state index in [9.17, 15) is 5.11 Å². The number of ether oxygens (including phenoxy) is 1. The maximum absolute atomic E-state index is 10.2. The van der Waals surface area contributed by atoms with Gasteiger partial charge in [0, 0.05) is 12.6 Å². The van der Waals surface area contributed by atoms with Gasteiger partial charge in [0.2, 0.25) is 0 Å². The number of benzene rings is 1. The smallest absolute Gasteiger partial charge is 0.121 e. The second-order valence-corrected chi connectivity index (χ2v) is 4.49. The third-order valence-electron chi connectivity index (χ3n) is 3.04. The molecule has 0 spiro atoms. The molecular weight excluding hydrogens is 230 g/mol. The van der Waals surface area contributed by atoms with Gasteiger partial charge in [-0.2, -0.15) is 0 Å². The second-order valence-electron chi connectivity index (χ2n) is 4.49. The third-order valence-corrected chi connectivity index (χ3v) is 3.04. The Morgan fingerprint density at radius 1 is 1.39 bits per heavy atom. The molecule has 0 saturated heterocycles.